The Bertz CT molecular complexity index is 3020. The molecule has 2 heterocycles. The van der Waals surface area contributed by atoms with Crippen molar-refractivity contribution >= 4 is 11.1 Å². The van der Waals surface area contributed by atoms with Gasteiger partial charge >= 0.3 is 0 Å². The third-order valence-corrected chi connectivity index (χ3v) is 16.4. The summed E-state index contributed by atoms with van der Waals surface area (Å²) in [5.41, 5.74) is 14.8. The number of benzene rings is 6. The third kappa shape index (κ3) is 4.68. The number of fused-ring (bicyclic) bond motifs is 11. The van der Waals surface area contributed by atoms with Gasteiger partial charge in [-0.25, -0.2) is 15.0 Å². The maximum atomic E-state index is 6.58. The first kappa shape index (κ1) is 34.3. The summed E-state index contributed by atoms with van der Waals surface area (Å²) in [6, 6.07) is 53.0. The van der Waals surface area contributed by atoms with Crippen LogP contribution in [0.15, 0.2) is 158 Å². The molecule has 5 atom stereocenters. The van der Waals surface area contributed by atoms with Crippen molar-refractivity contribution in [3.05, 3.63) is 197 Å². The van der Waals surface area contributed by atoms with Crippen LogP contribution in [0.25, 0.3) is 44.8 Å². The maximum Gasteiger partial charge on any atom is 0.163 e. The SMILES string of the molecule is C1=C(c2ccccc2)CCC=C1c1nc(-c2cccc(-c3ccc4c(c3)-c3ccccc3C43c4ccccc4Oc4ccccc43)c2)nc(C23CC4C[C@@H]5C[C@H](C2)CC45C3)n1. The van der Waals surface area contributed by atoms with Gasteiger partial charge in [0.1, 0.15) is 17.3 Å². The minimum atomic E-state index is -0.477. The fourth-order valence-electron chi connectivity index (χ4n) is 14.1. The van der Waals surface area contributed by atoms with Crippen molar-refractivity contribution in [2.45, 2.75) is 62.2 Å². The van der Waals surface area contributed by atoms with Gasteiger partial charge in [-0.15, -0.1) is 0 Å². The number of aromatic nitrogens is 3. The monoisotopic (exact) mass is 787 g/mol. The van der Waals surface area contributed by atoms with E-state index in [1.54, 1.807) is 0 Å². The normalized spacial score (nSPS) is 26.3. The van der Waals surface area contributed by atoms with Crippen LogP contribution in [0.1, 0.15) is 90.8 Å². The van der Waals surface area contributed by atoms with Gasteiger partial charge in [0.15, 0.2) is 11.6 Å². The summed E-state index contributed by atoms with van der Waals surface area (Å²) in [6.45, 7) is 0. The van der Waals surface area contributed by atoms with Crippen molar-refractivity contribution in [2.75, 3.05) is 0 Å². The Kier molecular flexibility index (Phi) is 6.95. The summed E-state index contributed by atoms with van der Waals surface area (Å²) in [7, 11) is 0. The second kappa shape index (κ2) is 12.4. The highest BCUT2D eigenvalue weighted by molar-refractivity contribution is 5.91. The Morgan fingerprint density at radius 2 is 1.23 bits per heavy atom. The van der Waals surface area contributed by atoms with Crippen LogP contribution in [0.2, 0.25) is 0 Å². The molecule has 2 spiro atoms. The van der Waals surface area contributed by atoms with Crippen molar-refractivity contribution in [1.82, 2.24) is 15.0 Å². The minimum absolute atomic E-state index is 0.0504. The first-order valence-corrected chi connectivity index (χ1v) is 22.5. The van der Waals surface area contributed by atoms with Crippen molar-refractivity contribution < 1.29 is 4.74 Å². The zero-order chi connectivity index (χ0) is 39.9. The average Bonchev–Trinajstić information content (AvgIpc) is 3.80. The van der Waals surface area contributed by atoms with Crippen LogP contribution in [0, 0.1) is 23.2 Å². The summed E-state index contributed by atoms with van der Waals surface area (Å²) in [4.78, 5) is 16.5. The molecule has 7 aliphatic rings. The van der Waals surface area contributed by atoms with Gasteiger partial charge in [-0.05, 0) is 149 Å². The van der Waals surface area contributed by atoms with Crippen molar-refractivity contribution in [3.63, 3.8) is 0 Å². The fourth-order valence-corrected chi connectivity index (χ4v) is 14.1. The Hall–Kier alpha value is -6.39. The highest BCUT2D eigenvalue weighted by Gasteiger charge is 2.71. The number of nitrogens with zero attached hydrogens (tertiary/aromatic N) is 3. The van der Waals surface area contributed by atoms with E-state index in [-0.39, 0.29) is 5.41 Å². The molecular formula is C57H45N3O. The number of rotatable bonds is 5. The molecule has 0 N–H and O–H groups in total. The van der Waals surface area contributed by atoms with E-state index in [1.165, 1.54) is 88.6 Å². The summed E-state index contributed by atoms with van der Waals surface area (Å²) >= 11 is 0. The minimum Gasteiger partial charge on any atom is -0.457 e. The van der Waals surface area contributed by atoms with E-state index in [1.807, 2.05) is 0 Å². The zero-order valence-electron chi connectivity index (χ0n) is 34.1. The number of hydrogen-bond donors (Lipinski definition) is 0. The predicted octanol–water partition coefficient (Wildman–Crippen LogP) is 13.4. The Morgan fingerprint density at radius 3 is 2.08 bits per heavy atom. The summed E-state index contributed by atoms with van der Waals surface area (Å²) in [5, 5.41) is 0. The van der Waals surface area contributed by atoms with Gasteiger partial charge in [0.2, 0.25) is 0 Å². The van der Waals surface area contributed by atoms with Crippen LogP contribution < -0.4 is 4.74 Å². The van der Waals surface area contributed by atoms with Gasteiger partial charge in [0.05, 0.1) is 5.41 Å². The van der Waals surface area contributed by atoms with Gasteiger partial charge < -0.3 is 4.74 Å². The van der Waals surface area contributed by atoms with Gasteiger partial charge in [0, 0.05) is 27.7 Å². The van der Waals surface area contributed by atoms with E-state index in [0.29, 0.717) is 5.41 Å². The van der Waals surface area contributed by atoms with Gasteiger partial charge in [-0.2, -0.15) is 0 Å². The molecule has 7 aromatic rings. The summed E-state index contributed by atoms with van der Waals surface area (Å²) < 4.78 is 6.58. The molecule has 4 heteroatoms. The molecule has 3 unspecified atom stereocenters. The Balaban J connectivity index is 0.907. The molecular weight excluding hydrogens is 743 g/mol. The van der Waals surface area contributed by atoms with Gasteiger partial charge in [0.25, 0.3) is 0 Å². The van der Waals surface area contributed by atoms with Gasteiger partial charge in [-0.1, -0.05) is 127 Å². The second-order valence-corrected chi connectivity index (χ2v) is 19.3. The summed E-state index contributed by atoms with van der Waals surface area (Å²) in [5.74, 6) is 7.07. The quantitative estimate of drug-likeness (QED) is 0.174. The fraction of sp³-hybridized carbons (Fsp3) is 0.246. The van der Waals surface area contributed by atoms with E-state index in [9.17, 15) is 0 Å². The Labute approximate surface area is 357 Å². The molecule has 4 saturated carbocycles. The number of para-hydroxylation sites is 2. The van der Waals surface area contributed by atoms with Crippen molar-refractivity contribution in [2.24, 2.45) is 23.2 Å². The molecule has 61 heavy (non-hydrogen) atoms. The number of ether oxygens (including phenoxy) is 1. The molecule has 0 amide bonds. The van der Waals surface area contributed by atoms with Crippen LogP contribution in [-0.4, -0.2) is 15.0 Å². The van der Waals surface area contributed by atoms with Crippen molar-refractivity contribution in [1.29, 1.82) is 0 Å². The van der Waals surface area contributed by atoms with E-state index < -0.39 is 5.41 Å². The molecule has 3 bridgehead atoms. The van der Waals surface area contributed by atoms with Gasteiger partial charge in [-0.3, -0.25) is 0 Å². The zero-order valence-corrected chi connectivity index (χ0v) is 34.1. The average molecular weight is 788 g/mol. The lowest BCUT2D eigenvalue weighted by Gasteiger charge is -2.49. The molecule has 4 fully saturated rings. The highest BCUT2D eigenvalue weighted by Crippen LogP contribution is 2.78. The van der Waals surface area contributed by atoms with E-state index in [2.05, 4.69) is 158 Å². The Morgan fingerprint density at radius 1 is 0.525 bits per heavy atom. The van der Waals surface area contributed by atoms with E-state index in [0.717, 1.165) is 76.3 Å². The topological polar surface area (TPSA) is 47.9 Å². The molecule has 6 aromatic carbocycles. The molecule has 14 rings (SSSR count). The third-order valence-electron chi connectivity index (χ3n) is 16.4. The molecule has 0 radical (unpaired) electrons. The lowest BCUT2D eigenvalue weighted by atomic mass is 9.55. The van der Waals surface area contributed by atoms with Crippen LogP contribution in [-0.2, 0) is 10.8 Å². The first-order valence-electron chi connectivity index (χ1n) is 22.5. The second-order valence-electron chi connectivity index (χ2n) is 19.3. The maximum absolute atomic E-state index is 6.58. The van der Waals surface area contributed by atoms with Crippen LogP contribution in [0.4, 0.5) is 0 Å². The standard InChI is InChI=1S/C57H45N3O/c1-2-12-36(13-3-1)37-14-10-16-40(27-37)52-58-53(60-54(59-52)55-31-35-26-42-30-43(33-55)56(42,32-35)34-55)41-17-11-15-38(28-41)39-24-25-47-45(29-39)44-18-4-5-19-46(44)57(47)48-20-6-8-22-50(48)61-51-23-9-7-21-49(51)57/h1-9,11-13,15-25,27-29,35,42-43H,10,14,26,30-34H2/t35-,42+,43?,55?,56?/m1/s1. The van der Waals surface area contributed by atoms with Crippen LogP contribution in [0.5, 0.6) is 11.5 Å². The first-order chi connectivity index (χ1) is 30.1. The lowest BCUT2D eigenvalue weighted by molar-refractivity contribution is -0.000328. The van der Waals surface area contributed by atoms with Crippen LogP contribution in [0.3, 0.4) is 0 Å². The molecule has 1 aliphatic heterocycles. The van der Waals surface area contributed by atoms with E-state index >= 15 is 0 Å². The molecule has 1 aromatic heterocycles. The number of hydrogen-bond acceptors (Lipinski definition) is 4. The molecule has 0 saturated heterocycles. The smallest absolute Gasteiger partial charge is 0.163 e. The number of allylic oxidation sites excluding steroid dienone is 4. The molecule has 6 aliphatic carbocycles. The molecule has 4 nitrogen and oxygen atoms in total. The largest absolute Gasteiger partial charge is 0.457 e. The van der Waals surface area contributed by atoms with Crippen LogP contribution >= 0.6 is 0 Å². The van der Waals surface area contributed by atoms with E-state index in [4.69, 9.17) is 19.7 Å². The predicted molar refractivity (Wildman–Crippen MR) is 242 cm³/mol. The highest BCUT2D eigenvalue weighted by atomic mass is 16.5. The molecule has 294 valence electrons. The lowest BCUT2D eigenvalue weighted by Crippen LogP contribution is -2.42. The summed E-state index contributed by atoms with van der Waals surface area (Å²) in [6.07, 6.45) is 14.7. The van der Waals surface area contributed by atoms with Crippen molar-refractivity contribution in [3.8, 4) is 45.1 Å².